The Balaban J connectivity index is 1.72. The quantitative estimate of drug-likeness (QED) is 0.810. The third-order valence-electron chi connectivity index (χ3n) is 5.64. The minimum absolute atomic E-state index is 0.312. The van der Waals surface area contributed by atoms with Gasteiger partial charge in [-0.2, -0.15) is 0 Å². The van der Waals surface area contributed by atoms with Crippen LogP contribution in [-0.4, -0.2) is 35.6 Å². The first-order valence-electron chi connectivity index (χ1n) is 8.10. The standard InChI is InChI=1S/C16H30N2/c1-15(2)13-18(11-14-7-6-8-14)16(12-17-15)9-4-3-5-10-16/h14,17H,3-13H2,1-2H3. The summed E-state index contributed by atoms with van der Waals surface area (Å²) >= 11 is 0. The van der Waals surface area contributed by atoms with Gasteiger partial charge in [-0.05, 0) is 45.4 Å². The first-order valence-corrected chi connectivity index (χ1v) is 8.10. The van der Waals surface area contributed by atoms with Crippen molar-refractivity contribution in [3.63, 3.8) is 0 Å². The fourth-order valence-corrected chi connectivity index (χ4v) is 4.16. The molecule has 0 aromatic heterocycles. The summed E-state index contributed by atoms with van der Waals surface area (Å²) in [5.41, 5.74) is 0.829. The average molecular weight is 250 g/mol. The van der Waals surface area contributed by atoms with E-state index in [9.17, 15) is 0 Å². The molecule has 18 heavy (non-hydrogen) atoms. The van der Waals surface area contributed by atoms with Crippen LogP contribution in [0.4, 0.5) is 0 Å². The summed E-state index contributed by atoms with van der Waals surface area (Å²) in [7, 11) is 0. The molecule has 2 heteroatoms. The second-order valence-electron chi connectivity index (χ2n) is 7.70. The fraction of sp³-hybridized carbons (Fsp3) is 1.00. The van der Waals surface area contributed by atoms with Gasteiger partial charge >= 0.3 is 0 Å². The van der Waals surface area contributed by atoms with Crippen molar-refractivity contribution in [2.75, 3.05) is 19.6 Å². The molecular weight excluding hydrogens is 220 g/mol. The van der Waals surface area contributed by atoms with Crippen molar-refractivity contribution in [3.8, 4) is 0 Å². The van der Waals surface area contributed by atoms with Crippen LogP contribution in [0.5, 0.6) is 0 Å². The van der Waals surface area contributed by atoms with Crippen LogP contribution < -0.4 is 5.32 Å². The number of piperazine rings is 1. The molecule has 0 amide bonds. The minimum Gasteiger partial charge on any atom is -0.309 e. The van der Waals surface area contributed by atoms with Crippen molar-refractivity contribution >= 4 is 0 Å². The maximum Gasteiger partial charge on any atom is 0.0335 e. The lowest BCUT2D eigenvalue weighted by molar-refractivity contribution is -0.0273. The van der Waals surface area contributed by atoms with Gasteiger partial charge in [-0.3, -0.25) is 4.90 Å². The number of nitrogens with zero attached hydrogens (tertiary/aromatic N) is 1. The SMILES string of the molecule is CC1(C)CN(CC2CCC2)C2(CCCCC2)CN1. The van der Waals surface area contributed by atoms with Crippen molar-refractivity contribution in [2.45, 2.75) is 76.3 Å². The lowest BCUT2D eigenvalue weighted by Crippen LogP contribution is -2.69. The first kappa shape index (κ1) is 12.9. The van der Waals surface area contributed by atoms with Crippen molar-refractivity contribution < 1.29 is 0 Å². The van der Waals surface area contributed by atoms with E-state index in [1.165, 1.54) is 71.0 Å². The lowest BCUT2D eigenvalue weighted by Gasteiger charge is -2.56. The Kier molecular flexibility index (Phi) is 3.44. The molecule has 0 radical (unpaired) electrons. The molecule has 3 fully saturated rings. The Morgan fingerprint density at radius 1 is 1.06 bits per heavy atom. The molecule has 0 aromatic rings. The molecule has 1 spiro atoms. The van der Waals surface area contributed by atoms with E-state index in [1.54, 1.807) is 0 Å². The second-order valence-corrected chi connectivity index (χ2v) is 7.70. The third kappa shape index (κ3) is 2.46. The van der Waals surface area contributed by atoms with Crippen LogP contribution in [0.3, 0.4) is 0 Å². The maximum absolute atomic E-state index is 3.82. The number of hydrogen-bond donors (Lipinski definition) is 1. The van der Waals surface area contributed by atoms with Crippen LogP contribution >= 0.6 is 0 Å². The van der Waals surface area contributed by atoms with Gasteiger partial charge in [0.2, 0.25) is 0 Å². The number of hydrogen-bond acceptors (Lipinski definition) is 2. The van der Waals surface area contributed by atoms with Gasteiger partial charge in [0.25, 0.3) is 0 Å². The van der Waals surface area contributed by atoms with Crippen molar-refractivity contribution in [1.82, 2.24) is 10.2 Å². The van der Waals surface area contributed by atoms with Gasteiger partial charge in [-0.15, -0.1) is 0 Å². The first-order chi connectivity index (χ1) is 8.60. The van der Waals surface area contributed by atoms with Gasteiger partial charge in [-0.25, -0.2) is 0 Å². The highest BCUT2D eigenvalue weighted by Gasteiger charge is 2.45. The van der Waals surface area contributed by atoms with Crippen LogP contribution in [0.25, 0.3) is 0 Å². The molecule has 0 atom stereocenters. The summed E-state index contributed by atoms with van der Waals surface area (Å²) < 4.78 is 0. The molecule has 2 saturated carbocycles. The molecule has 3 rings (SSSR count). The molecule has 0 aromatic carbocycles. The van der Waals surface area contributed by atoms with E-state index >= 15 is 0 Å². The van der Waals surface area contributed by atoms with E-state index in [4.69, 9.17) is 0 Å². The predicted molar refractivity (Wildman–Crippen MR) is 76.8 cm³/mol. The highest BCUT2D eigenvalue weighted by Crippen LogP contribution is 2.39. The summed E-state index contributed by atoms with van der Waals surface area (Å²) in [6.07, 6.45) is 11.7. The van der Waals surface area contributed by atoms with Crippen LogP contribution in [0.1, 0.15) is 65.2 Å². The highest BCUT2D eigenvalue weighted by atomic mass is 15.3. The van der Waals surface area contributed by atoms with Crippen LogP contribution in [0, 0.1) is 5.92 Å². The van der Waals surface area contributed by atoms with E-state index in [-0.39, 0.29) is 0 Å². The lowest BCUT2D eigenvalue weighted by atomic mass is 9.75. The molecule has 1 heterocycles. The Morgan fingerprint density at radius 2 is 1.78 bits per heavy atom. The second kappa shape index (κ2) is 4.79. The van der Waals surface area contributed by atoms with Crippen molar-refractivity contribution in [3.05, 3.63) is 0 Å². The Morgan fingerprint density at radius 3 is 2.39 bits per heavy atom. The number of nitrogens with one attached hydrogen (secondary N) is 1. The predicted octanol–water partition coefficient (Wildman–Crippen LogP) is 3.17. The summed E-state index contributed by atoms with van der Waals surface area (Å²) in [6, 6.07) is 0. The van der Waals surface area contributed by atoms with Gasteiger partial charge in [0, 0.05) is 30.7 Å². The average Bonchev–Trinajstić information content (AvgIpc) is 2.30. The van der Waals surface area contributed by atoms with Crippen molar-refractivity contribution in [1.29, 1.82) is 0 Å². The van der Waals surface area contributed by atoms with Gasteiger partial charge in [0.1, 0.15) is 0 Å². The highest BCUT2D eigenvalue weighted by molar-refractivity contribution is 5.04. The molecule has 0 bridgehead atoms. The largest absolute Gasteiger partial charge is 0.309 e. The Hall–Kier alpha value is -0.0800. The summed E-state index contributed by atoms with van der Waals surface area (Å²) in [6.45, 7) is 8.61. The molecule has 2 aliphatic carbocycles. The Bertz CT molecular complexity index is 287. The van der Waals surface area contributed by atoms with Gasteiger partial charge in [0.05, 0.1) is 0 Å². The normalized spacial score (nSPS) is 32.3. The van der Waals surface area contributed by atoms with Crippen LogP contribution in [-0.2, 0) is 0 Å². The van der Waals surface area contributed by atoms with Crippen LogP contribution in [0.15, 0.2) is 0 Å². The van der Waals surface area contributed by atoms with Crippen LogP contribution in [0.2, 0.25) is 0 Å². The van der Waals surface area contributed by atoms with E-state index in [0.717, 1.165) is 5.92 Å². The molecule has 104 valence electrons. The smallest absolute Gasteiger partial charge is 0.0335 e. The monoisotopic (exact) mass is 250 g/mol. The zero-order valence-electron chi connectivity index (χ0n) is 12.3. The van der Waals surface area contributed by atoms with Gasteiger partial charge in [0.15, 0.2) is 0 Å². The zero-order chi connectivity index (χ0) is 12.6. The summed E-state index contributed by atoms with van der Waals surface area (Å²) in [5, 5.41) is 3.82. The molecule has 1 N–H and O–H groups in total. The van der Waals surface area contributed by atoms with Gasteiger partial charge < -0.3 is 5.32 Å². The van der Waals surface area contributed by atoms with E-state index in [0.29, 0.717) is 11.1 Å². The molecule has 3 aliphatic rings. The zero-order valence-corrected chi connectivity index (χ0v) is 12.3. The molecule has 2 nitrogen and oxygen atoms in total. The maximum atomic E-state index is 3.82. The Labute approximate surface area is 113 Å². The topological polar surface area (TPSA) is 15.3 Å². The van der Waals surface area contributed by atoms with Crippen molar-refractivity contribution in [2.24, 2.45) is 5.92 Å². The molecule has 1 aliphatic heterocycles. The summed E-state index contributed by atoms with van der Waals surface area (Å²) in [4.78, 5) is 2.90. The molecule has 0 unspecified atom stereocenters. The van der Waals surface area contributed by atoms with E-state index < -0.39 is 0 Å². The van der Waals surface area contributed by atoms with E-state index in [1.807, 2.05) is 0 Å². The minimum atomic E-state index is 0.312. The van der Waals surface area contributed by atoms with E-state index in [2.05, 4.69) is 24.1 Å². The number of rotatable bonds is 2. The summed E-state index contributed by atoms with van der Waals surface area (Å²) in [5.74, 6) is 1.01. The fourth-order valence-electron chi connectivity index (χ4n) is 4.16. The van der Waals surface area contributed by atoms with Gasteiger partial charge in [-0.1, -0.05) is 25.7 Å². The molecule has 1 saturated heterocycles. The molecular formula is C16H30N2. The third-order valence-corrected chi connectivity index (χ3v) is 5.64.